The first kappa shape index (κ1) is 19.9. The van der Waals surface area contributed by atoms with Crippen molar-refractivity contribution in [2.75, 3.05) is 13.1 Å². The molecule has 3 rings (SSSR count). The Balaban J connectivity index is 1.70. The van der Waals surface area contributed by atoms with Gasteiger partial charge in [-0.1, -0.05) is 30.0 Å². The van der Waals surface area contributed by atoms with Crippen molar-refractivity contribution in [1.82, 2.24) is 25.0 Å². The molecule has 2 heterocycles. The number of thioether (sulfide) groups is 1. The van der Waals surface area contributed by atoms with Crippen LogP contribution in [0.1, 0.15) is 18.3 Å². The summed E-state index contributed by atoms with van der Waals surface area (Å²) in [6.45, 7) is 9.15. The lowest BCUT2D eigenvalue weighted by Gasteiger charge is -2.17. The highest BCUT2D eigenvalue weighted by Gasteiger charge is 2.31. The molecular formula is C19H23N5O3S. The highest BCUT2D eigenvalue weighted by Crippen LogP contribution is 2.25. The Morgan fingerprint density at radius 1 is 1.46 bits per heavy atom. The fourth-order valence-electron chi connectivity index (χ4n) is 2.79. The number of nitrogens with zero attached hydrogens (tertiary/aromatic N) is 4. The van der Waals surface area contributed by atoms with E-state index in [1.807, 2.05) is 35.8 Å². The van der Waals surface area contributed by atoms with Gasteiger partial charge in [0, 0.05) is 19.6 Å². The van der Waals surface area contributed by atoms with Gasteiger partial charge in [-0.2, -0.15) is 0 Å². The summed E-state index contributed by atoms with van der Waals surface area (Å²) < 4.78 is 7.69. The number of imide groups is 1. The summed E-state index contributed by atoms with van der Waals surface area (Å²) in [6.07, 6.45) is 1.74. The number of aryl methyl sites for hydroxylation is 1. The molecule has 0 spiro atoms. The third kappa shape index (κ3) is 4.53. The van der Waals surface area contributed by atoms with Gasteiger partial charge >= 0.3 is 6.03 Å². The standard InChI is InChI=1S/C19H23N5O3S/c1-4-9-23-16(12-27-15-7-5-6-13(2)11-15)21-22-19(23)28-14(3)17(25)24-10-8-20-18(24)26/h4-7,11,14H,1,8-10,12H2,2-3H3,(H,20,26)/t14-/m1/s1. The first-order chi connectivity index (χ1) is 13.5. The third-order valence-corrected chi connectivity index (χ3v) is 5.28. The molecule has 8 nitrogen and oxygen atoms in total. The van der Waals surface area contributed by atoms with Gasteiger partial charge in [-0.25, -0.2) is 4.79 Å². The first-order valence-electron chi connectivity index (χ1n) is 8.98. The Labute approximate surface area is 168 Å². The van der Waals surface area contributed by atoms with E-state index in [9.17, 15) is 9.59 Å². The molecule has 0 radical (unpaired) electrons. The minimum atomic E-state index is -0.470. The molecule has 148 valence electrons. The molecule has 0 unspecified atom stereocenters. The zero-order valence-electron chi connectivity index (χ0n) is 15.9. The monoisotopic (exact) mass is 401 g/mol. The van der Waals surface area contributed by atoms with Gasteiger partial charge in [-0.3, -0.25) is 14.3 Å². The predicted octanol–water partition coefficient (Wildman–Crippen LogP) is 2.38. The Hall–Kier alpha value is -2.81. The number of aromatic nitrogens is 3. The lowest BCUT2D eigenvalue weighted by atomic mass is 10.2. The van der Waals surface area contributed by atoms with E-state index in [0.717, 1.165) is 11.3 Å². The van der Waals surface area contributed by atoms with Gasteiger partial charge in [-0.15, -0.1) is 16.8 Å². The molecular weight excluding hydrogens is 378 g/mol. The molecule has 1 aromatic carbocycles. The summed E-state index contributed by atoms with van der Waals surface area (Å²) in [5.74, 6) is 1.15. The molecule has 0 bridgehead atoms. The van der Waals surface area contributed by atoms with Gasteiger partial charge in [0.2, 0.25) is 5.91 Å². The molecule has 0 aliphatic carbocycles. The Kier molecular flexibility index (Phi) is 6.35. The topological polar surface area (TPSA) is 89.3 Å². The number of allylic oxidation sites excluding steroid dienone is 1. The van der Waals surface area contributed by atoms with Crippen LogP contribution in [0.5, 0.6) is 5.75 Å². The number of nitrogens with one attached hydrogen (secondary N) is 1. The number of benzene rings is 1. The van der Waals surface area contributed by atoms with Crippen molar-refractivity contribution in [2.24, 2.45) is 0 Å². The Bertz CT molecular complexity index is 882. The second-order valence-electron chi connectivity index (χ2n) is 6.39. The Morgan fingerprint density at radius 3 is 2.96 bits per heavy atom. The van der Waals surface area contributed by atoms with Crippen molar-refractivity contribution < 1.29 is 14.3 Å². The average Bonchev–Trinajstić information content (AvgIpc) is 3.26. The second kappa shape index (κ2) is 8.92. The molecule has 1 aliphatic heterocycles. The Morgan fingerprint density at radius 2 is 2.29 bits per heavy atom. The van der Waals surface area contributed by atoms with Gasteiger partial charge < -0.3 is 10.1 Å². The van der Waals surface area contributed by atoms with Crippen LogP contribution in [0, 0.1) is 6.92 Å². The summed E-state index contributed by atoms with van der Waals surface area (Å²) in [5.41, 5.74) is 1.11. The third-order valence-electron chi connectivity index (χ3n) is 4.22. The molecule has 0 saturated carbocycles. The van der Waals surface area contributed by atoms with Crippen molar-refractivity contribution in [1.29, 1.82) is 0 Å². The molecule has 9 heteroatoms. The van der Waals surface area contributed by atoms with E-state index in [4.69, 9.17) is 4.74 Å². The maximum absolute atomic E-state index is 12.5. The van der Waals surface area contributed by atoms with E-state index in [2.05, 4.69) is 22.1 Å². The summed E-state index contributed by atoms with van der Waals surface area (Å²) in [5, 5.41) is 11.2. The number of hydrogen-bond donors (Lipinski definition) is 1. The van der Waals surface area contributed by atoms with E-state index in [-0.39, 0.29) is 18.5 Å². The lowest BCUT2D eigenvalue weighted by Crippen LogP contribution is -2.39. The van der Waals surface area contributed by atoms with Crippen molar-refractivity contribution in [3.63, 3.8) is 0 Å². The molecule has 1 atom stereocenters. The number of urea groups is 1. The highest BCUT2D eigenvalue weighted by atomic mass is 32.2. The van der Waals surface area contributed by atoms with E-state index in [0.29, 0.717) is 30.6 Å². The zero-order valence-corrected chi connectivity index (χ0v) is 16.7. The molecule has 1 aromatic heterocycles. The van der Waals surface area contributed by atoms with Crippen molar-refractivity contribution in [3.8, 4) is 5.75 Å². The normalized spacial score (nSPS) is 14.6. The number of ether oxygens (including phenoxy) is 1. The fourth-order valence-corrected chi connectivity index (χ4v) is 3.73. The largest absolute Gasteiger partial charge is 0.486 e. The predicted molar refractivity (Wildman–Crippen MR) is 106 cm³/mol. The van der Waals surface area contributed by atoms with Gasteiger partial charge in [-0.05, 0) is 31.5 Å². The van der Waals surface area contributed by atoms with Crippen LogP contribution in [0.15, 0.2) is 42.1 Å². The smallest absolute Gasteiger partial charge is 0.324 e. The number of hydrogen-bond acceptors (Lipinski definition) is 6. The van der Waals surface area contributed by atoms with E-state index >= 15 is 0 Å². The SMILES string of the molecule is C=CCn1c(COc2cccc(C)c2)nnc1S[C@H](C)C(=O)N1CCNC1=O. The van der Waals surface area contributed by atoms with Crippen LogP contribution in [0.25, 0.3) is 0 Å². The van der Waals surface area contributed by atoms with Gasteiger partial charge in [0.15, 0.2) is 11.0 Å². The van der Waals surface area contributed by atoms with Crippen LogP contribution in [0.2, 0.25) is 0 Å². The summed E-state index contributed by atoms with van der Waals surface area (Å²) in [4.78, 5) is 25.5. The average molecular weight is 401 g/mol. The van der Waals surface area contributed by atoms with E-state index in [1.54, 1.807) is 13.0 Å². The summed E-state index contributed by atoms with van der Waals surface area (Å²) in [6, 6.07) is 7.42. The van der Waals surface area contributed by atoms with E-state index < -0.39 is 5.25 Å². The zero-order chi connectivity index (χ0) is 20.1. The van der Waals surface area contributed by atoms with Crippen molar-refractivity contribution >= 4 is 23.7 Å². The van der Waals surface area contributed by atoms with Crippen molar-refractivity contribution in [2.45, 2.75) is 37.4 Å². The molecule has 2 aromatic rings. The van der Waals surface area contributed by atoms with Crippen LogP contribution in [0.4, 0.5) is 4.79 Å². The number of carbonyl (C=O) groups is 2. The highest BCUT2D eigenvalue weighted by molar-refractivity contribution is 8.00. The minimum absolute atomic E-state index is 0.245. The maximum Gasteiger partial charge on any atom is 0.324 e. The number of rotatable bonds is 8. The van der Waals surface area contributed by atoms with Crippen LogP contribution >= 0.6 is 11.8 Å². The molecule has 1 N–H and O–H groups in total. The van der Waals surface area contributed by atoms with Gasteiger partial charge in [0.25, 0.3) is 0 Å². The number of carbonyl (C=O) groups excluding carboxylic acids is 2. The first-order valence-corrected chi connectivity index (χ1v) is 9.86. The van der Waals surface area contributed by atoms with Gasteiger partial charge in [0.05, 0.1) is 5.25 Å². The van der Waals surface area contributed by atoms with Crippen LogP contribution < -0.4 is 10.1 Å². The molecule has 1 saturated heterocycles. The molecule has 1 aliphatic rings. The van der Waals surface area contributed by atoms with Crippen molar-refractivity contribution in [3.05, 3.63) is 48.3 Å². The van der Waals surface area contributed by atoms with Gasteiger partial charge in [0.1, 0.15) is 12.4 Å². The maximum atomic E-state index is 12.5. The van der Waals surface area contributed by atoms with Crippen LogP contribution in [0.3, 0.4) is 0 Å². The van der Waals surface area contributed by atoms with E-state index in [1.165, 1.54) is 16.7 Å². The quantitative estimate of drug-likeness (QED) is 0.540. The minimum Gasteiger partial charge on any atom is -0.486 e. The second-order valence-corrected chi connectivity index (χ2v) is 7.69. The fraction of sp³-hybridized carbons (Fsp3) is 0.368. The number of amides is 3. The van der Waals surface area contributed by atoms with Crippen LogP contribution in [-0.4, -0.2) is 49.9 Å². The molecule has 3 amide bonds. The summed E-state index contributed by atoms with van der Waals surface area (Å²) >= 11 is 1.27. The molecule has 28 heavy (non-hydrogen) atoms. The molecule has 1 fully saturated rings. The lowest BCUT2D eigenvalue weighted by molar-refractivity contribution is -0.126. The van der Waals surface area contributed by atoms with Crippen LogP contribution in [-0.2, 0) is 17.9 Å². The summed E-state index contributed by atoms with van der Waals surface area (Å²) in [7, 11) is 0.